The number of aromatic nitrogens is 2. The fraction of sp³-hybridized carbons (Fsp3) is 0.714. The van der Waals surface area contributed by atoms with E-state index in [1.54, 1.807) is 6.33 Å². The van der Waals surface area contributed by atoms with Gasteiger partial charge in [-0.15, -0.1) is 0 Å². The second kappa shape index (κ2) is 6.70. The molecule has 1 aliphatic heterocycles. The maximum absolute atomic E-state index is 4.39. The van der Waals surface area contributed by atoms with Crippen molar-refractivity contribution in [3.05, 3.63) is 12.4 Å². The topological polar surface area (TPSA) is 44.3 Å². The van der Waals surface area contributed by atoms with Crippen molar-refractivity contribution in [2.75, 3.05) is 43.0 Å². The van der Waals surface area contributed by atoms with Crippen LogP contribution in [0.2, 0.25) is 0 Å². The molecule has 1 aromatic heterocycles. The summed E-state index contributed by atoms with van der Waals surface area (Å²) in [5.74, 6) is 2.02. The van der Waals surface area contributed by atoms with Crippen molar-refractivity contribution in [3.8, 4) is 0 Å². The molecule has 2 heterocycles. The summed E-state index contributed by atoms with van der Waals surface area (Å²) in [6, 6.07) is 2.68. The zero-order valence-electron chi connectivity index (χ0n) is 12.3. The molecular formula is C14H25N5. The average molecular weight is 263 g/mol. The summed E-state index contributed by atoms with van der Waals surface area (Å²) in [4.78, 5) is 13.2. The lowest BCUT2D eigenvalue weighted by atomic mass is 10.2. The van der Waals surface area contributed by atoms with E-state index in [4.69, 9.17) is 0 Å². The molecular weight excluding hydrogens is 238 g/mol. The van der Waals surface area contributed by atoms with E-state index >= 15 is 0 Å². The fourth-order valence-electron chi connectivity index (χ4n) is 2.60. The van der Waals surface area contributed by atoms with Gasteiger partial charge in [-0.25, -0.2) is 9.97 Å². The molecule has 1 aromatic rings. The van der Waals surface area contributed by atoms with Crippen LogP contribution in [0.4, 0.5) is 11.6 Å². The van der Waals surface area contributed by atoms with E-state index < -0.39 is 0 Å². The van der Waals surface area contributed by atoms with Gasteiger partial charge in [0.1, 0.15) is 18.0 Å². The normalized spacial score (nSPS) is 18.6. The van der Waals surface area contributed by atoms with Crippen molar-refractivity contribution < 1.29 is 0 Å². The maximum atomic E-state index is 4.39. The van der Waals surface area contributed by atoms with Crippen LogP contribution in [0.25, 0.3) is 0 Å². The standard InChI is InChI=1S/C14H25N5/c1-4-19(5-2)14-9-13(16-11-17-14)18(3)10-12-7-6-8-15-12/h9,11-12,15H,4-8,10H2,1-3H3. The molecule has 0 bridgehead atoms. The molecule has 1 aliphatic rings. The van der Waals surface area contributed by atoms with Crippen LogP contribution < -0.4 is 15.1 Å². The molecule has 0 spiro atoms. The molecule has 0 amide bonds. The van der Waals surface area contributed by atoms with Gasteiger partial charge < -0.3 is 15.1 Å². The van der Waals surface area contributed by atoms with Crippen LogP contribution in [0.1, 0.15) is 26.7 Å². The minimum atomic E-state index is 0.594. The highest BCUT2D eigenvalue weighted by Gasteiger charge is 2.17. The van der Waals surface area contributed by atoms with Gasteiger partial charge in [-0.1, -0.05) is 0 Å². The van der Waals surface area contributed by atoms with Crippen LogP contribution in [-0.2, 0) is 0 Å². The zero-order chi connectivity index (χ0) is 13.7. The SMILES string of the molecule is CCN(CC)c1cc(N(C)CC2CCCN2)ncn1. The predicted octanol–water partition coefficient (Wildman–Crippen LogP) is 1.51. The van der Waals surface area contributed by atoms with Gasteiger partial charge in [0.25, 0.3) is 0 Å². The van der Waals surface area contributed by atoms with Gasteiger partial charge in [0.2, 0.25) is 0 Å². The third kappa shape index (κ3) is 3.56. The minimum absolute atomic E-state index is 0.594. The van der Waals surface area contributed by atoms with E-state index in [9.17, 15) is 0 Å². The molecule has 1 unspecified atom stereocenters. The van der Waals surface area contributed by atoms with Crippen LogP contribution in [0.3, 0.4) is 0 Å². The predicted molar refractivity (Wildman–Crippen MR) is 79.9 cm³/mol. The molecule has 5 nitrogen and oxygen atoms in total. The number of hydrogen-bond acceptors (Lipinski definition) is 5. The molecule has 2 rings (SSSR count). The summed E-state index contributed by atoms with van der Waals surface area (Å²) in [6.07, 6.45) is 4.22. The molecule has 0 aliphatic carbocycles. The Balaban J connectivity index is 2.04. The summed E-state index contributed by atoms with van der Waals surface area (Å²) in [6.45, 7) is 8.40. The molecule has 5 heteroatoms. The second-order valence-electron chi connectivity index (χ2n) is 5.08. The average Bonchev–Trinajstić information content (AvgIpc) is 2.93. The lowest BCUT2D eigenvalue weighted by Gasteiger charge is -2.24. The summed E-state index contributed by atoms with van der Waals surface area (Å²) in [7, 11) is 2.11. The molecule has 1 saturated heterocycles. The van der Waals surface area contributed by atoms with E-state index in [0.29, 0.717) is 6.04 Å². The highest BCUT2D eigenvalue weighted by molar-refractivity contribution is 5.49. The van der Waals surface area contributed by atoms with E-state index in [-0.39, 0.29) is 0 Å². The molecule has 0 aromatic carbocycles. The van der Waals surface area contributed by atoms with Gasteiger partial charge >= 0.3 is 0 Å². The lowest BCUT2D eigenvalue weighted by molar-refractivity contribution is 0.597. The first-order chi connectivity index (χ1) is 9.24. The molecule has 1 atom stereocenters. The van der Waals surface area contributed by atoms with Gasteiger partial charge in [0.05, 0.1) is 0 Å². The Morgan fingerprint density at radius 1 is 1.26 bits per heavy atom. The molecule has 1 N–H and O–H groups in total. The molecule has 19 heavy (non-hydrogen) atoms. The molecule has 1 fully saturated rings. The summed E-state index contributed by atoms with van der Waals surface area (Å²) in [5.41, 5.74) is 0. The van der Waals surface area contributed by atoms with E-state index in [1.807, 2.05) is 0 Å². The number of hydrogen-bond donors (Lipinski definition) is 1. The molecule has 0 saturated carbocycles. The van der Waals surface area contributed by atoms with Crippen molar-refractivity contribution >= 4 is 11.6 Å². The Labute approximate surface area is 116 Å². The van der Waals surface area contributed by atoms with Crippen LogP contribution in [0.15, 0.2) is 12.4 Å². The Bertz CT molecular complexity index is 385. The number of likely N-dealkylation sites (N-methyl/N-ethyl adjacent to an activating group) is 1. The summed E-state index contributed by atoms with van der Waals surface area (Å²) >= 11 is 0. The first-order valence-electron chi connectivity index (χ1n) is 7.26. The fourth-order valence-corrected chi connectivity index (χ4v) is 2.60. The van der Waals surface area contributed by atoms with Gasteiger partial charge in [0.15, 0.2) is 0 Å². The highest BCUT2D eigenvalue weighted by atomic mass is 15.2. The highest BCUT2D eigenvalue weighted by Crippen LogP contribution is 2.17. The smallest absolute Gasteiger partial charge is 0.134 e. The quantitative estimate of drug-likeness (QED) is 0.843. The second-order valence-corrected chi connectivity index (χ2v) is 5.08. The zero-order valence-corrected chi connectivity index (χ0v) is 12.3. The Morgan fingerprint density at radius 3 is 2.63 bits per heavy atom. The van der Waals surface area contributed by atoms with Gasteiger partial charge in [-0.05, 0) is 33.2 Å². The van der Waals surface area contributed by atoms with Crippen LogP contribution in [0.5, 0.6) is 0 Å². The van der Waals surface area contributed by atoms with Crippen molar-refractivity contribution in [2.45, 2.75) is 32.7 Å². The van der Waals surface area contributed by atoms with Crippen molar-refractivity contribution in [2.24, 2.45) is 0 Å². The van der Waals surface area contributed by atoms with Crippen molar-refractivity contribution in [1.82, 2.24) is 15.3 Å². The number of nitrogens with zero attached hydrogens (tertiary/aromatic N) is 4. The van der Waals surface area contributed by atoms with Crippen LogP contribution in [-0.4, -0.2) is 49.2 Å². The van der Waals surface area contributed by atoms with Crippen LogP contribution in [0, 0.1) is 0 Å². The molecule has 0 radical (unpaired) electrons. The maximum Gasteiger partial charge on any atom is 0.134 e. The number of nitrogens with one attached hydrogen (secondary N) is 1. The molecule has 106 valence electrons. The first-order valence-corrected chi connectivity index (χ1v) is 7.26. The van der Waals surface area contributed by atoms with Gasteiger partial charge in [-0.2, -0.15) is 0 Å². The third-order valence-electron chi connectivity index (χ3n) is 3.77. The van der Waals surface area contributed by atoms with E-state index in [0.717, 1.165) is 37.8 Å². The van der Waals surface area contributed by atoms with Gasteiger partial charge in [-0.3, -0.25) is 0 Å². The largest absolute Gasteiger partial charge is 0.358 e. The van der Waals surface area contributed by atoms with E-state index in [1.165, 1.54) is 12.8 Å². The number of rotatable bonds is 6. The Hall–Kier alpha value is -1.36. The summed E-state index contributed by atoms with van der Waals surface area (Å²) < 4.78 is 0. The van der Waals surface area contributed by atoms with Crippen LogP contribution >= 0.6 is 0 Å². The third-order valence-corrected chi connectivity index (χ3v) is 3.77. The van der Waals surface area contributed by atoms with Crippen molar-refractivity contribution in [3.63, 3.8) is 0 Å². The van der Waals surface area contributed by atoms with Crippen molar-refractivity contribution in [1.29, 1.82) is 0 Å². The van der Waals surface area contributed by atoms with Gasteiger partial charge in [0, 0.05) is 38.8 Å². The monoisotopic (exact) mass is 263 g/mol. The lowest BCUT2D eigenvalue weighted by Crippen LogP contribution is -2.35. The Morgan fingerprint density at radius 2 is 2.00 bits per heavy atom. The summed E-state index contributed by atoms with van der Waals surface area (Å²) in [5, 5.41) is 3.52. The van der Waals surface area contributed by atoms with E-state index in [2.05, 4.69) is 52.0 Å². The number of anilines is 2. The Kier molecular flexibility index (Phi) is 4.96. The minimum Gasteiger partial charge on any atom is -0.358 e. The first kappa shape index (κ1) is 14.1.